The lowest BCUT2D eigenvalue weighted by molar-refractivity contribution is 1.41. The van der Waals surface area contributed by atoms with E-state index in [2.05, 4.69) is 65.7 Å². The zero-order chi connectivity index (χ0) is 23.8. The average molecular weight is 465 g/mol. The number of benzene rings is 4. The lowest BCUT2D eigenvalue weighted by atomic mass is 9.96. The zero-order valence-electron chi connectivity index (χ0n) is 18.4. The van der Waals surface area contributed by atoms with E-state index in [9.17, 15) is 10.5 Å². The fourth-order valence-electron chi connectivity index (χ4n) is 4.28. The van der Waals surface area contributed by atoms with Gasteiger partial charge >= 0.3 is 0 Å². The summed E-state index contributed by atoms with van der Waals surface area (Å²) in [5.74, 6) is 0. The Kier molecular flexibility index (Phi) is 5.04. The van der Waals surface area contributed by atoms with E-state index in [0.29, 0.717) is 11.1 Å². The molecule has 2 aromatic heterocycles. The van der Waals surface area contributed by atoms with Gasteiger partial charge in [0.2, 0.25) is 0 Å². The van der Waals surface area contributed by atoms with Crippen molar-refractivity contribution >= 4 is 32.5 Å². The van der Waals surface area contributed by atoms with E-state index in [0.717, 1.165) is 53.9 Å². The molecule has 4 nitrogen and oxygen atoms in total. The van der Waals surface area contributed by atoms with Gasteiger partial charge in [0, 0.05) is 22.7 Å². The monoisotopic (exact) mass is 464 g/mol. The van der Waals surface area contributed by atoms with Crippen molar-refractivity contribution in [2.24, 2.45) is 0 Å². The molecule has 0 fully saturated rings. The van der Waals surface area contributed by atoms with E-state index in [-0.39, 0.29) is 0 Å². The molecule has 0 aliphatic heterocycles. The molecule has 0 N–H and O–H groups in total. The van der Waals surface area contributed by atoms with Gasteiger partial charge < -0.3 is 0 Å². The van der Waals surface area contributed by atoms with E-state index in [1.165, 1.54) is 11.3 Å². The molecule has 0 saturated heterocycles. The summed E-state index contributed by atoms with van der Waals surface area (Å²) in [6, 6.07) is 34.3. The predicted octanol–water partition coefficient (Wildman–Crippen LogP) is 7.59. The van der Waals surface area contributed by atoms with Crippen molar-refractivity contribution in [2.75, 3.05) is 0 Å². The number of aromatic nitrogens is 2. The SMILES string of the molecule is N#Cc1cc(-c2ccc(-c3cccc4cccnc34)cc2)cc(-c2nc3ccc(C#N)cc3s2)c1. The van der Waals surface area contributed by atoms with Gasteiger partial charge in [0.05, 0.1) is 39.0 Å². The minimum absolute atomic E-state index is 0.580. The van der Waals surface area contributed by atoms with Crippen LogP contribution in [0.3, 0.4) is 0 Å². The maximum Gasteiger partial charge on any atom is 0.124 e. The molecule has 6 aromatic rings. The lowest BCUT2D eigenvalue weighted by Gasteiger charge is -2.09. The van der Waals surface area contributed by atoms with Crippen LogP contribution in [0.2, 0.25) is 0 Å². The van der Waals surface area contributed by atoms with Crippen LogP contribution in [0, 0.1) is 22.7 Å². The molecule has 0 aliphatic carbocycles. The summed E-state index contributed by atoms with van der Waals surface area (Å²) < 4.78 is 0.955. The van der Waals surface area contributed by atoms with Crippen LogP contribution in [-0.4, -0.2) is 9.97 Å². The van der Waals surface area contributed by atoms with Gasteiger partial charge in [-0.25, -0.2) is 4.98 Å². The third-order valence-electron chi connectivity index (χ3n) is 5.99. The van der Waals surface area contributed by atoms with E-state index in [4.69, 9.17) is 4.98 Å². The Labute approximate surface area is 206 Å². The molecule has 35 heavy (non-hydrogen) atoms. The third-order valence-corrected chi connectivity index (χ3v) is 7.06. The molecule has 6 rings (SSSR count). The first-order valence-electron chi connectivity index (χ1n) is 11.0. The molecule has 5 heteroatoms. The summed E-state index contributed by atoms with van der Waals surface area (Å²) in [7, 11) is 0. The number of hydrogen-bond acceptors (Lipinski definition) is 5. The highest BCUT2D eigenvalue weighted by Gasteiger charge is 2.11. The van der Waals surface area contributed by atoms with Crippen LogP contribution in [0.4, 0.5) is 0 Å². The summed E-state index contributed by atoms with van der Waals surface area (Å²) in [5.41, 5.74) is 8.07. The maximum absolute atomic E-state index is 9.67. The number of hydrogen-bond donors (Lipinski definition) is 0. The first-order valence-corrected chi connectivity index (χ1v) is 11.8. The molecule has 0 atom stereocenters. The molecule has 162 valence electrons. The molecule has 0 unspecified atom stereocenters. The second-order valence-electron chi connectivity index (χ2n) is 8.18. The number of fused-ring (bicyclic) bond motifs is 2. The Hall–Kier alpha value is -4.84. The van der Waals surface area contributed by atoms with Crippen molar-refractivity contribution in [1.29, 1.82) is 10.5 Å². The van der Waals surface area contributed by atoms with Crippen molar-refractivity contribution in [3.05, 3.63) is 108 Å². The van der Waals surface area contributed by atoms with Crippen molar-refractivity contribution in [3.8, 4) is 45.0 Å². The van der Waals surface area contributed by atoms with Gasteiger partial charge in [0.15, 0.2) is 0 Å². The average Bonchev–Trinajstić information content (AvgIpc) is 3.36. The van der Waals surface area contributed by atoms with Crippen LogP contribution >= 0.6 is 11.3 Å². The van der Waals surface area contributed by atoms with Crippen LogP contribution in [0.25, 0.3) is 53.9 Å². The van der Waals surface area contributed by atoms with E-state index >= 15 is 0 Å². The Morgan fingerprint density at radius 3 is 2.26 bits per heavy atom. The van der Waals surface area contributed by atoms with E-state index in [1.54, 1.807) is 6.07 Å². The lowest BCUT2D eigenvalue weighted by Crippen LogP contribution is -1.87. The van der Waals surface area contributed by atoms with Crippen molar-refractivity contribution < 1.29 is 0 Å². The first kappa shape index (κ1) is 20.7. The van der Waals surface area contributed by atoms with Crippen molar-refractivity contribution in [2.45, 2.75) is 0 Å². The molecule has 0 aliphatic rings. The molecule has 0 bridgehead atoms. The predicted molar refractivity (Wildman–Crippen MR) is 141 cm³/mol. The number of nitrogens with zero attached hydrogens (tertiary/aromatic N) is 4. The molecule has 0 amide bonds. The molecule has 0 spiro atoms. The van der Waals surface area contributed by atoms with Crippen molar-refractivity contribution in [1.82, 2.24) is 9.97 Å². The van der Waals surface area contributed by atoms with Gasteiger partial charge in [-0.05, 0) is 59.2 Å². The van der Waals surface area contributed by atoms with Gasteiger partial charge in [-0.2, -0.15) is 10.5 Å². The van der Waals surface area contributed by atoms with Gasteiger partial charge in [-0.3, -0.25) is 4.98 Å². The summed E-state index contributed by atoms with van der Waals surface area (Å²) in [4.78, 5) is 9.32. The number of pyridine rings is 1. The Bertz CT molecular complexity index is 1810. The number of rotatable bonds is 3. The van der Waals surface area contributed by atoms with Gasteiger partial charge in [-0.1, -0.05) is 48.5 Å². The fourth-order valence-corrected chi connectivity index (χ4v) is 5.27. The Morgan fingerprint density at radius 1 is 0.657 bits per heavy atom. The molecule has 0 radical (unpaired) electrons. The summed E-state index contributed by atoms with van der Waals surface area (Å²) in [6.07, 6.45) is 1.82. The molecular formula is C30H16N4S. The molecule has 4 aromatic carbocycles. The number of thiazole rings is 1. The second-order valence-corrected chi connectivity index (χ2v) is 9.21. The topological polar surface area (TPSA) is 73.4 Å². The second kappa shape index (κ2) is 8.50. The van der Waals surface area contributed by atoms with Gasteiger partial charge in [0.1, 0.15) is 5.01 Å². The van der Waals surface area contributed by atoms with Crippen LogP contribution < -0.4 is 0 Å². The highest BCUT2D eigenvalue weighted by Crippen LogP contribution is 2.35. The van der Waals surface area contributed by atoms with Crippen LogP contribution in [0.1, 0.15) is 11.1 Å². The summed E-state index contributed by atoms with van der Waals surface area (Å²) in [5, 5.41) is 20.8. The molecular weight excluding hydrogens is 448 g/mol. The normalized spacial score (nSPS) is 10.8. The van der Waals surface area contributed by atoms with Crippen molar-refractivity contribution in [3.63, 3.8) is 0 Å². The third kappa shape index (κ3) is 3.81. The Morgan fingerprint density at radius 2 is 1.43 bits per heavy atom. The summed E-state index contributed by atoms with van der Waals surface area (Å²) >= 11 is 1.53. The van der Waals surface area contributed by atoms with Crippen LogP contribution in [-0.2, 0) is 0 Å². The molecule has 0 saturated carbocycles. The smallest absolute Gasteiger partial charge is 0.124 e. The summed E-state index contributed by atoms with van der Waals surface area (Å²) in [6.45, 7) is 0. The minimum Gasteiger partial charge on any atom is -0.256 e. The molecule has 2 heterocycles. The van der Waals surface area contributed by atoms with Crippen LogP contribution in [0.5, 0.6) is 0 Å². The highest BCUT2D eigenvalue weighted by atomic mass is 32.1. The minimum atomic E-state index is 0.580. The van der Waals surface area contributed by atoms with Gasteiger partial charge in [-0.15, -0.1) is 11.3 Å². The zero-order valence-corrected chi connectivity index (χ0v) is 19.3. The standard InChI is InChI=1S/C30H16N4S/c31-17-19-6-11-27-28(15-19)35-30(34-27)25-14-20(18-32)13-24(16-25)21-7-9-22(10-8-21)26-5-1-3-23-4-2-12-33-29(23)26/h1-16H. The largest absolute Gasteiger partial charge is 0.256 e. The van der Waals surface area contributed by atoms with Gasteiger partial charge in [0.25, 0.3) is 0 Å². The van der Waals surface area contributed by atoms with E-state index < -0.39 is 0 Å². The maximum atomic E-state index is 9.67. The van der Waals surface area contributed by atoms with E-state index in [1.807, 2.05) is 42.6 Å². The Balaban J connectivity index is 1.41. The quantitative estimate of drug-likeness (QED) is 0.270. The fraction of sp³-hybridized carbons (Fsp3) is 0. The first-order chi connectivity index (χ1) is 17.2. The van der Waals surface area contributed by atoms with Crippen LogP contribution in [0.15, 0.2) is 97.2 Å². The number of para-hydroxylation sites is 1. The number of nitriles is 2. The highest BCUT2D eigenvalue weighted by molar-refractivity contribution is 7.21.